The van der Waals surface area contributed by atoms with Crippen molar-refractivity contribution in [1.29, 1.82) is 0 Å². The predicted octanol–water partition coefficient (Wildman–Crippen LogP) is 6.21. The first kappa shape index (κ1) is 23.7. The summed E-state index contributed by atoms with van der Waals surface area (Å²) in [6.07, 6.45) is -0.533. The molecule has 34 heavy (non-hydrogen) atoms. The molecule has 4 aromatic rings. The molecule has 1 unspecified atom stereocenters. The van der Waals surface area contributed by atoms with Gasteiger partial charge in [0.1, 0.15) is 12.4 Å². The number of carboxylic acid groups (broad SMARTS) is 1. The Labute approximate surface area is 202 Å². The maximum Gasteiger partial charge on any atom is 0.306 e. The van der Waals surface area contributed by atoms with Crippen molar-refractivity contribution >= 4 is 17.3 Å². The molecule has 1 N–H and O–H groups in total. The van der Waals surface area contributed by atoms with Gasteiger partial charge in [-0.3, -0.25) is 4.79 Å². The summed E-state index contributed by atoms with van der Waals surface area (Å²) in [6.45, 7) is 6.62. The Morgan fingerprint density at radius 1 is 1.06 bits per heavy atom. The van der Waals surface area contributed by atoms with Gasteiger partial charge >= 0.3 is 5.97 Å². The van der Waals surface area contributed by atoms with Gasteiger partial charge in [-0.1, -0.05) is 24.3 Å². The van der Waals surface area contributed by atoms with E-state index in [2.05, 4.69) is 35.3 Å². The fraction of sp³-hybridized carbons (Fsp3) is 0.269. The summed E-state index contributed by atoms with van der Waals surface area (Å²) in [7, 11) is 0. The molecular formula is C26H26N2O5S. The van der Waals surface area contributed by atoms with Crippen LogP contribution in [0.5, 0.6) is 5.75 Å². The summed E-state index contributed by atoms with van der Waals surface area (Å²) < 4.78 is 17.1. The molecule has 0 fully saturated rings. The fourth-order valence-corrected chi connectivity index (χ4v) is 4.65. The Morgan fingerprint density at radius 2 is 1.76 bits per heavy atom. The van der Waals surface area contributed by atoms with Crippen molar-refractivity contribution in [3.05, 3.63) is 76.5 Å². The summed E-state index contributed by atoms with van der Waals surface area (Å²) in [5.74, 6) is 0.897. The summed E-state index contributed by atoms with van der Waals surface area (Å²) in [5, 5.41) is 17.0. The van der Waals surface area contributed by atoms with Crippen LogP contribution < -0.4 is 4.74 Å². The van der Waals surface area contributed by atoms with Crippen LogP contribution in [0.15, 0.2) is 59.0 Å². The number of aromatic nitrogens is 2. The molecule has 0 aliphatic rings. The fourth-order valence-electron chi connectivity index (χ4n) is 3.56. The lowest BCUT2D eigenvalue weighted by molar-refractivity contribution is -0.140. The van der Waals surface area contributed by atoms with Gasteiger partial charge in [-0.05, 0) is 60.9 Å². The standard InChI is InChI=1S/C26H26N2O5S/c1-4-31-22(14-25(29)30)18-9-11-21(12-10-18)32-15-24-16(2)13-23(34-24)19-5-7-20(8-6-19)26-28-27-17(3)33-26/h5-13,22H,4,14-15H2,1-3H3,(H,29,30). The lowest BCUT2D eigenvalue weighted by atomic mass is 10.1. The van der Waals surface area contributed by atoms with E-state index in [9.17, 15) is 4.79 Å². The number of aryl methyl sites for hydroxylation is 2. The zero-order chi connectivity index (χ0) is 24.1. The number of benzene rings is 2. The molecular weight excluding hydrogens is 452 g/mol. The summed E-state index contributed by atoms with van der Waals surface area (Å²) >= 11 is 1.70. The van der Waals surface area contributed by atoms with Crippen LogP contribution in [-0.2, 0) is 16.1 Å². The van der Waals surface area contributed by atoms with E-state index in [1.165, 1.54) is 5.56 Å². The summed E-state index contributed by atoms with van der Waals surface area (Å²) in [5.41, 5.74) is 4.00. The van der Waals surface area contributed by atoms with Crippen molar-refractivity contribution in [3.63, 3.8) is 0 Å². The number of nitrogens with zero attached hydrogens (tertiary/aromatic N) is 2. The van der Waals surface area contributed by atoms with E-state index in [1.807, 2.05) is 43.3 Å². The maximum atomic E-state index is 11.1. The Bertz CT molecular complexity index is 1250. The molecule has 1 atom stereocenters. The number of ether oxygens (including phenoxy) is 2. The third-order valence-corrected chi connectivity index (χ3v) is 6.57. The molecule has 0 spiro atoms. The minimum absolute atomic E-state index is 0.0687. The number of thiophene rings is 1. The average Bonchev–Trinajstić information content (AvgIpc) is 3.43. The van der Waals surface area contributed by atoms with E-state index in [0.29, 0.717) is 25.0 Å². The SMILES string of the molecule is CCOC(CC(=O)O)c1ccc(OCc2sc(-c3ccc(-c4nnc(C)o4)cc3)cc2C)cc1. The highest BCUT2D eigenvalue weighted by atomic mass is 32.1. The molecule has 2 aromatic heterocycles. The normalized spacial score (nSPS) is 12.0. The molecule has 0 radical (unpaired) electrons. The summed E-state index contributed by atoms with van der Waals surface area (Å²) in [6, 6.07) is 17.6. The Balaban J connectivity index is 1.41. The number of hydrogen-bond donors (Lipinski definition) is 1. The van der Waals surface area contributed by atoms with Gasteiger partial charge in [0.15, 0.2) is 0 Å². The number of carbonyl (C=O) groups is 1. The van der Waals surface area contributed by atoms with Crippen LogP contribution in [0.3, 0.4) is 0 Å². The maximum absolute atomic E-state index is 11.1. The summed E-state index contributed by atoms with van der Waals surface area (Å²) in [4.78, 5) is 13.4. The van der Waals surface area contributed by atoms with E-state index >= 15 is 0 Å². The average molecular weight is 479 g/mol. The Kier molecular flexibility index (Phi) is 7.40. The first-order valence-electron chi connectivity index (χ1n) is 11.0. The van der Waals surface area contributed by atoms with Crippen LogP contribution in [0.2, 0.25) is 0 Å². The van der Waals surface area contributed by atoms with Gasteiger partial charge in [-0.2, -0.15) is 0 Å². The highest BCUT2D eigenvalue weighted by molar-refractivity contribution is 7.15. The van der Waals surface area contributed by atoms with E-state index in [4.69, 9.17) is 19.0 Å². The van der Waals surface area contributed by atoms with Gasteiger partial charge in [0, 0.05) is 28.8 Å². The van der Waals surface area contributed by atoms with Crippen LogP contribution >= 0.6 is 11.3 Å². The van der Waals surface area contributed by atoms with Gasteiger partial charge in [0.2, 0.25) is 11.8 Å². The highest BCUT2D eigenvalue weighted by Gasteiger charge is 2.16. The topological polar surface area (TPSA) is 94.7 Å². The monoisotopic (exact) mass is 478 g/mol. The number of carboxylic acids is 1. The molecule has 0 aliphatic carbocycles. The van der Waals surface area contributed by atoms with E-state index in [0.717, 1.165) is 32.2 Å². The van der Waals surface area contributed by atoms with Crippen LogP contribution in [0.1, 0.15) is 41.3 Å². The number of rotatable bonds is 10. The third kappa shape index (κ3) is 5.70. The van der Waals surface area contributed by atoms with Gasteiger partial charge in [0.25, 0.3) is 0 Å². The molecule has 7 nitrogen and oxygen atoms in total. The van der Waals surface area contributed by atoms with Crippen molar-refractivity contribution < 1.29 is 23.8 Å². The molecule has 0 saturated carbocycles. The van der Waals surface area contributed by atoms with Crippen LogP contribution in [-0.4, -0.2) is 27.9 Å². The second-order valence-electron chi connectivity index (χ2n) is 7.82. The van der Waals surface area contributed by atoms with Gasteiger partial charge < -0.3 is 19.0 Å². The van der Waals surface area contributed by atoms with Crippen molar-refractivity contribution in [2.45, 2.75) is 39.9 Å². The molecule has 0 bridgehead atoms. The Morgan fingerprint density at radius 3 is 2.38 bits per heavy atom. The second-order valence-corrected chi connectivity index (χ2v) is 8.96. The predicted molar refractivity (Wildman–Crippen MR) is 130 cm³/mol. The van der Waals surface area contributed by atoms with E-state index < -0.39 is 12.1 Å². The molecule has 4 rings (SSSR count). The zero-order valence-corrected chi connectivity index (χ0v) is 20.1. The van der Waals surface area contributed by atoms with Gasteiger partial charge in [-0.15, -0.1) is 21.5 Å². The first-order valence-corrected chi connectivity index (χ1v) is 11.8. The number of hydrogen-bond acceptors (Lipinski definition) is 7. The van der Waals surface area contributed by atoms with Crippen LogP contribution in [0.25, 0.3) is 21.9 Å². The minimum Gasteiger partial charge on any atom is -0.488 e. The van der Waals surface area contributed by atoms with Crippen LogP contribution in [0, 0.1) is 13.8 Å². The molecule has 176 valence electrons. The smallest absolute Gasteiger partial charge is 0.306 e. The van der Waals surface area contributed by atoms with Crippen LogP contribution in [0.4, 0.5) is 0 Å². The highest BCUT2D eigenvalue weighted by Crippen LogP contribution is 2.33. The van der Waals surface area contributed by atoms with Crippen molar-refractivity contribution in [1.82, 2.24) is 10.2 Å². The van der Waals surface area contributed by atoms with Crippen molar-refractivity contribution in [3.8, 4) is 27.6 Å². The third-order valence-electron chi connectivity index (χ3n) is 5.31. The minimum atomic E-state index is -0.887. The lowest BCUT2D eigenvalue weighted by Crippen LogP contribution is -2.10. The zero-order valence-electron chi connectivity index (χ0n) is 19.3. The van der Waals surface area contributed by atoms with E-state index in [1.54, 1.807) is 18.3 Å². The lowest BCUT2D eigenvalue weighted by Gasteiger charge is -2.16. The van der Waals surface area contributed by atoms with Crippen molar-refractivity contribution in [2.24, 2.45) is 0 Å². The largest absolute Gasteiger partial charge is 0.488 e. The quantitative estimate of drug-likeness (QED) is 0.289. The van der Waals surface area contributed by atoms with Gasteiger partial charge in [0.05, 0.1) is 12.5 Å². The molecule has 2 heterocycles. The number of aliphatic carboxylic acids is 1. The second kappa shape index (κ2) is 10.6. The molecule has 0 saturated heterocycles. The molecule has 2 aromatic carbocycles. The van der Waals surface area contributed by atoms with Gasteiger partial charge in [-0.25, -0.2) is 0 Å². The first-order chi connectivity index (χ1) is 16.4. The van der Waals surface area contributed by atoms with E-state index in [-0.39, 0.29) is 6.42 Å². The molecule has 0 aliphatic heterocycles. The molecule has 8 heteroatoms. The Hall–Kier alpha value is -3.49. The molecule has 0 amide bonds. The van der Waals surface area contributed by atoms with Crippen molar-refractivity contribution in [2.75, 3.05) is 6.61 Å².